The summed E-state index contributed by atoms with van der Waals surface area (Å²) in [7, 11) is 0. The van der Waals surface area contributed by atoms with Crippen LogP contribution in [0.3, 0.4) is 0 Å². The zero-order valence-corrected chi connectivity index (χ0v) is 12.2. The van der Waals surface area contributed by atoms with Gasteiger partial charge >= 0.3 is 0 Å². The van der Waals surface area contributed by atoms with Crippen molar-refractivity contribution >= 4 is 15.9 Å². The summed E-state index contributed by atoms with van der Waals surface area (Å²) < 4.78 is 19.5. The molecule has 0 spiro atoms. The highest BCUT2D eigenvalue weighted by molar-refractivity contribution is 9.10. The molecule has 4 heteroatoms. The van der Waals surface area contributed by atoms with Crippen LogP contribution < -0.4 is 0 Å². The first-order valence-electron chi connectivity index (χ1n) is 6.47. The Labute approximate surface area is 116 Å². The quantitative estimate of drug-likeness (QED) is 0.823. The van der Waals surface area contributed by atoms with E-state index in [1.165, 1.54) is 18.6 Å². The zero-order chi connectivity index (χ0) is 13.0. The molecule has 2 rings (SSSR count). The third-order valence-corrected chi connectivity index (χ3v) is 4.08. The van der Waals surface area contributed by atoms with Crippen molar-refractivity contribution in [1.82, 2.24) is 4.90 Å². The summed E-state index contributed by atoms with van der Waals surface area (Å²) in [5.41, 5.74) is 1.12. The average Bonchev–Trinajstić information content (AvgIpc) is 2.84. The number of likely N-dealkylation sites (N-methyl/N-ethyl adjacent to an activating group) is 1. The third kappa shape index (κ3) is 3.77. The molecular formula is C14H19BrFNO. The fraction of sp³-hybridized carbons (Fsp3) is 0.571. The highest BCUT2D eigenvalue weighted by Gasteiger charge is 2.19. The molecule has 1 aliphatic heterocycles. The van der Waals surface area contributed by atoms with Crippen LogP contribution in [-0.2, 0) is 11.3 Å². The molecule has 0 amide bonds. The van der Waals surface area contributed by atoms with E-state index in [0.717, 1.165) is 42.7 Å². The minimum Gasteiger partial charge on any atom is -0.377 e. The SMILES string of the molecule is CCN(Cc1ccc(F)cc1Br)CC1CCCO1. The van der Waals surface area contributed by atoms with Gasteiger partial charge in [-0.3, -0.25) is 4.90 Å². The number of benzene rings is 1. The molecule has 1 atom stereocenters. The molecule has 1 unspecified atom stereocenters. The molecule has 2 nitrogen and oxygen atoms in total. The summed E-state index contributed by atoms with van der Waals surface area (Å²) in [5, 5.41) is 0. The number of hydrogen-bond acceptors (Lipinski definition) is 2. The largest absolute Gasteiger partial charge is 0.377 e. The molecule has 0 bridgehead atoms. The molecule has 1 aromatic carbocycles. The van der Waals surface area contributed by atoms with Gasteiger partial charge in [-0.15, -0.1) is 0 Å². The van der Waals surface area contributed by atoms with Crippen molar-refractivity contribution in [3.8, 4) is 0 Å². The second-order valence-corrected chi connectivity index (χ2v) is 5.55. The van der Waals surface area contributed by atoms with Crippen molar-refractivity contribution < 1.29 is 9.13 Å². The minimum atomic E-state index is -0.201. The van der Waals surface area contributed by atoms with Gasteiger partial charge in [0.05, 0.1) is 6.10 Å². The van der Waals surface area contributed by atoms with Crippen molar-refractivity contribution in [2.75, 3.05) is 19.7 Å². The smallest absolute Gasteiger partial charge is 0.124 e. The van der Waals surface area contributed by atoms with E-state index in [1.54, 1.807) is 0 Å². The van der Waals surface area contributed by atoms with Crippen LogP contribution in [0.4, 0.5) is 4.39 Å². The maximum Gasteiger partial charge on any atom is 0.124 e. The first kappa shape index (κ1) is 14.0. The number of nitrogens with zero attached hydrogens (tertiary/aromatic N) is 1. The number of hydrogen-bond donors (Lipinski definition) is 0. The van der Waals surface area contributed by atoms with Gasteiger partial charge in [0.25, 0.3) is 0 Å². The highest BCUT2D eigenvalue weighted by atomic mass is 79.9. The normalized spacial score (nSPS) is 19.7. The summed E-state index contributed by atoms with van der Waals surface area (Å²) in [6.07, 6.45) is 2.69. The lowest BCUT2D eigenvalue weighted by atomic mass is 10.2. The van der Waals surface area contributed by atoms with Gasteiger partial charge in [-0.05, 0) is 37.1 Å². The monoisotopic (exact) mass is 315 g/mol. The summed E-state index contributed by atoms with van der Waals surface area (Å²) in [6.45, 7) is 5.80. The zero-order valence-electron chi connectivity index (χ0n) is 10.7. The van der Waals surface area contributed by atoms with E-state index in [0.29, 0.717) is 6.10 Å². The maximum absolute atomic E-state index is 13.0. The van der Waals surface area contributed by atoms with Gasteiger partial charge in [0, 0.05) is 24.2 Å². The van der Waals surface area contributed by atoms with Crippen LogP contribution in [0, 0.1) is 5.82 Å². The van der Waals surface area contributed by atoms with E-state index >= 15 is 0 Å². The second-order valence-electron chi connectivity index (χ2n) is 4.70. The number of rotatable bonds is 5. The molecule has 0 aliphatic carbocycles. The van der Waals surface area contributed by atoms with Crippen LogP contribution in [0.5, 0.6) is 0 Å². The van der Waals surface area contributed by atoms with Crippen LogP contribution in [0.1, 0.15) is 25.3 Å². The second kappa shape index (κ2) is 6.64. The number of ether oxygens (including phenoxy) is 1. The molecule has 0 saturated carbocycles. The highest BCUT2D eigenvalue weighted by Crippen LogP contribution is 2.21. The lowest BCUT2D eigenvalue weighted by Crippen LogP contribution is -2.31. The van der Waals surface area contributed by atoms with Gasteiger partial charge in [0.15, 0.2) is 0 Å². The van der Waals surface area contributed by atoms with Crippen LogP contribution in [0.2, 0.25) is 0 Å². The Balaban J connectivity index is 1.96. The Kier molecular flexibility index (Phi) is 5.15. The third-order valence-electron chi connectivity index (χ3n) is 3.34. The molecule has 18 heavy (non-hydrogen) atoms. The van der Waals surface area contributed by atoms with Crippen LogP contribution in [0.25, 0.3) is 0 Å². The number of halogens is 2. The maximum atomic E-state index is 13.0. The van der Waals surface area contributed by atoms with Crippen LogP contribution >= 0.6 is 15.9 Å². The van der Waals surface area contributed by atoms with Crippen molar-refractivity contribution in [3.63, 3.8) is 0 Å². The van der Waals surface area contributed by atoms with E-state index in [2.05, 4.69) is 27.8 Å². The Hall–Kier alpha value is -0.450. The fourth-order valence-corrected chi connectivity index (χ4v) is 2.75. The van der Waals surface area contributed by atoms with E-state index in [9.17, 15) is 4.39 Å². The topological polar surface area (TPSA) is 12.5 Å². The van der Waals surface area contributed by atoms with E-state index < -0.39 is 0 Å². The van der Waals surface area contributed by atoms with Crippen LogP contribution in [0.15, 0.2) is 22.7 Å². The summed E-state index contributed by atoms with van der Waals surface area (Å²) in [6, 6.07) is 4.88. The van der Waals surface area contributed by atoms with Crippen molar-refractivity contribution in [3.05, 3.63) is 34.1 Å². The fourth-order valence-electron chi connectivity index (χ4n) is 2.27. The van der Waals surface area contributed by atoms with Gasteiger partial charge in [-0.25, -0.2) is 4.39 Å². The van der Waals surface area contributed by atoms with Gasteiger partial charge in [0.2, 0.25) is 0 Å². The Morgan fingerprint density at radius 1 is 1.50 bits per heavy atom. The lowest BCUT2D eigenvalue weighted by Gasteiger charge is -2.24. The minimum absolute atomic E-state index is 0.201. The van der Waals surface area contributed by atoms with E-state index in [-0.39, 0.29) is 5.82 Å². The predicted molar refractivity (Wildman–Crippen MR) is 74.0 cm³/mol. The molecule has 0 radical (unpaired) electrons. The molecular weight excluding hydrogens is 297 g/mol. The summed E-state index contributed by atoms with van der Waals surface area (Å²) >= 11 is 3.42. The summed E-state index contributed by atoms with van der Waals surface area (Å²) in [4.78, 5) is 2.34. The van der Waals surface area contributed by atoms with Gasteiger partial charge in [-0.2, -0.15) is 0 Å². The van der Waals surface area contributed by atoms with Crippen molar-refractivity contribution in [2.45, 2.75) is 32.4 Å². The average molecular weight is 316 g/mol. The molecule has 1 heterocycles. The predicted octanol–water partition coefficient (Wildman–Crippen LogP) is 3.59. The van der Waals surface area contributed by atoms with Gasteiger partial charge < -0.3 is 4.74 Å². The Morgan fingerprint density at radius 3 is 2.94 bits per heavy atom. The molecule has 1 aliphatic rings. The first-order chi connectivity index (χ1) is 8.69. The molecule has 100 valence electrons. The molecule has 0 N–H and O–H groups in total. The van der Waals surface area contributed by atoms with Crippen molar-refractivity contribution in [1.29, 1.82) is 0 Å². The lowest BCUT2D eigenvalue weighted by molar-refractivity contribution is 0.0724. The first-order valence-corrected chi connectivity index (χ1v) is 7.26. The van der Waals surface area contributed by atoms with E-state index in [1.807, 2.05) is 6.07 Å². The Bertz CT molecular complexity index is 393. The van der Waals surface area contributed by atoms with Gasteiger partial charge in [0.1, 0.15) is 5.82 Å². The molecule has 0 aromatic heterocycles. The summed E-state index contributed by atoms with van der Waals surface area (Å²) in [5.74, 6) is -0.201. The molecule has 1 saturated heterocycles. The standard InChI is InChI=1S/C14H19BrFNO/c1-2-17(10-13-4-3-7-18-13)9-11-5-6-12(16)8-14(11)15/h5-6,8,13H,2-4,7,9-10H2,1H3. The molecule has 1 aromatic rings. The van der Waals surface area contributed by atoms with Crippen molar-refractivity contribution in [2.24, 2.45) is 0 Å². The van der Waals surface area contributed by atoms with Crippen LogP contribution in [-0.4, -0.2) is 30.7 Å². The van der Waals surface area contributed by atoms with Gasteiger partial charge in [-0.1, -0.05) is 28.9 Å². The van der Waals surface area contributed by atoms with E-state index in [4.69, 9.17) is 4.74 Å². The molecule has 1 fully saturated rings. The Morgan fingerprint density at radius 2 is 2.33 bits per heavy atom.